The Bertz CT molecular complexity index is 415. The van der Waals surface area contributed by atoms with E-state index in [-0.39, 0.29) is 28.3 Å². The molecule has 2 heteroatoms. The summed E-state index contributed by atoms with van der Waals surface area (Å²) in [5, 5.41) is 0. The lowest BCUT2D eigenvalue weighted by Crippen LogP contribution is -2.07. The number of ketones is 1. The molecule has 2 rings (SSSR count). The van der Waals surface area contributed by atoms with E-state index in [0.29, 0.717) is 5.56 Å². The first-order valence-corrected chi connectivity index (χ1v) is 5.58. The van der Waals surface area contributed by atoms with Crippen LogP contribution in [-0.2, 0) is 0 Å². The molecule has 1 aliphatic rings. The first kappa shape index (κ1) is 11.3. The van der Waals surface area contributed by atoms with Crippen molar-refractivity contribution < 1.29 is 9.18 Å². The van der Waals surface area contributed by atoms with E-state index in [9.17, 15) is 9.18 Å². The highest BCUT2D eigenvalue weighted by atomic mass is 19.1. The van der Waals surface area contributed by atoms with Crippen molar-refractivity contribution >= 4 is 5.78 Å². The zero-order valence-electron chi connectivity index (χ0n) is 10.2. The zero-order chi connectivity index (χ0) is 12.1. The Balaban J connectivity index is 2.26. The summed E-state index contributed by atoms with van der Waals surface area (Å²) in [6, 6.07) is 5.83. The molecular weight excluding hydrogens is 203 g/mol. The molecule has 0 radical (unpaired) electrons. The van der Waals surface area contributed by atoms with Crippen molar-refractivity contribution in [1.29, 1.82) is 0 Å². The molecule has 0 aliphatic heterocycles. The maximum Gasteiger partial charge on any atom is 0.167 e. The molecule has 0 heterocycles. The standard InChI is InChI=1S/C14H17FO/c1-13(2)12(14(13,3)4)11(16)9-5-7-10(15)8-6-9/h5-8,12H,1-4H3. The minimum atomic E-state index is -0.300. The summed E-state index contributed by atoms with van der Waals surface area (Å²) in [6.45, 7) is 8.44. The summed E-state index contributed by atoms with van der Waals surface area (Å²) in [6.07, 6.45) is 0. The highest BCUT2D eigenvalue weighted by Gasteiger charge is 2.67. The third kappa shape index (κ3) is 1.40. The van der Waals surface area contributed by atoms with E-state index in [4.69, 9.17) is 0 Å². The molecule has 0 bridgehead atoms. The van der Waals surface area contributed by atoms with E-state index in [2.05, 4.69) is 27.7 Å². The first-order chi connectivity index (χ1) is 7.28. The second-order valence-electron chi connectivity index (χ2n) is 5.75. The van der Waals surface area contributed by atoms with Crippen LogP contribution in [0.3, 0.4) is 0 Å². The van der Waals surface area contributed by atoms with Crippen LogP contribution in [0.4, 0.5) is 4.39 Å². The van der Waals surface area contributed by atoms with Crippen LogP contribution in [0.5, 0.6) is 0 Å². The molecule has 0 N–H and O–H groups in total. The molecular formula is C14H17FO. The van der Waals surface area contributed by atoms with E-state index >= 15 is 0 Å². The molecule has 86 valence electrons. The van der Waals surface area contributed by atoms with Crippen molar-refractivity contribution in [2.45, 2.75) is 27.7 Å². The van der Waals surface area contributed by atoms with Crippen LogP contribution in [0.25, 0.3) is 0 Å². The first-order valence-electron chi connectivity index (χ1n) is 5.58. The largest absolute Gasteiger partial charge is 0.294 e. The van der Waals surface area contributed by atoms with Crippen LogP contribution < -0.4 is 0 Å². The predicted molar refractivity (Wildman–Crippen MR) is 61.8 cm³/mol. The summed E-state index contributed by atoms with van der Waals surface area (Å²) in [7, 11) is 0. The van der Waals surface area contributed by atoms with Gasteiger partial charge in [0.1, 0.15) is 5.82 Å². The van der Waals surface area contributed by atoms with Crippen molar-refractivity contribution in [3.63, 3.8) is 0 Å². The molecule has 1 aliphatic carbocycles. The lowest BCUT2D eigenvalue weighted by atomic mass is 10.0. The second-order valence-corrected chi connectivity index (χ2v) is 5.75. The minimum absolute atomic E-state index is 0.0401. The normalized spacial score (nSPS) is 21.8. The second kappa shape index (κ2) is 3.16. The van der Waals surface area contributed by atoms with Gasteiger partial charge in [0, 0.05) is 11.5 Å². The van der Waals surface area contributed by atoms with Crippen molar-refractivity contribution in [2.24, 2.45) is 16.7 Å². The quantitative estimate of drug-likeness (QED) is 0.695. The highest BCUT2D eigenvalue weighted by Crippen LogP contribution is 2.69. The van der Waals surface area contributed by atoms with E-state index < -0.39 is 0 Å². The Morgan fingerprint density at radius 3 is 1.88 bits per heavy atom. The Morgan fingerprint density at radius 2 is 1.50 bits per heavy atom. The monoisotopic (exact) mass is 220 g/mol. The van der Waals surface area contributed by atoms with Gasteiger partial charge in [-0.25, -0.2) is 4.39 Å². The number of benzene rings is 1. The van der Waals surface area contributed by atoms with E-state index in [1.165, 1.54) is 12.1 Å². The van der Waals surface area contributed by atoms with Gasteiger partial charge in [-0.1, -0.05) is 27.7 Å². The third-order valence-electron chi connectivity index (χ3n) is 4.41. The molecule has 0 spiro atoms. The molecule has 0 atom stereocenters. The molecule has 1 saturated carbocycles. The smallest absolute Gasteiger partial charge is 0.167 e. The van der Waals surface area contributed by atoms with Gasteiger partial charge in [-0.05, 0) is 35.1 Å². The average molecular weight is 220 g/mol. The fourth-order valence-electron chi connectivity index (χ4n) is 2.63. The fourth-order valence-corrected chi connectivity index (χ4v) is 2.63. The van der Waals surface area contributed by atoms with Gasteiger partial charge in [0.15, 0.2) is 5.78 Å². The summed E-state index contributed by atoms with van der Waals surface area (Å²) in [5.74, 6) is -0.119. The van der Waals surface area contributed by atoms with Crippen LogP contribution in [0, 0.1) is 22.6 Å². The van der Waals surface area contributed by atoms with Crippen molar-refractivity contribution in [3.8, 4) is 0 Å². The van der Waals surface area contributed by atoms with Gasteiger partial charge < -0.3 is 0 Å². The van der Waals surface area contributed by atoms with Gasteiger partial charge in [-0.15, -0.1) is 0 Å². The van der Waals surface area contributed by atoms with Gasteiger partial charge in [-0.2, -0.15) is 0 Å². The molecule has 0 aromatic heterocycles. The fraction of sp³-hybridized carbons (Fsp3) is 0.500. The molecule has 1 fully saturated rings. The number of halogens is 1. The van der Waals surface area contributed by atoms with Crippen LogP contribution in [-0.4, -0.2) is 5.78 Å². The zero-order valence-corrected chi connectivity index (χ0v) is 10.2. The van der Waals surface area contributed by atoms with Gasteiger partial charge in [0.05, 0.1) is 0 Å². The molecule has 0 saturated heterocycles. The number of carbonyl (C=O) groups excluding carboxylic acids is 1. The topological polar surface area (TPSA) is 17.1 Å². The van der Waals surface area contributed by atoms with E-state index in [1.54, 1.807) is 12.1 Å². The SMILES string of the molecule is CC1(C)C(C(=O)c2ccc(F)cc2)C1(C)C. The van der Waals surface area contributed by atoms with Crippen LogP contribution in [0.1, 0.15) is 38.1 Å². The number of carbonyl (C=O) groups is 1. The molecule has 16 heavy (non-hydrogen) atoms. The lowest BCUT2D eigenvalue weighted by Gasteiger charge is -2.03. The molecule has 0 amide bonds. The highest BCUT2D eigenvalue weighted by molar-refractivity contribution is 6.01. The maximum absolute atomic E-state index is 12.8. The van der Waals surface area contributed by atoms with Gasteiger partial charge in [0.2, 0.25) is 0 Å². The summed E-state index contributed by atoms with van der Waals surface area (Å²) in [5.41, 5.74) is 0.696. The van der Waals surface area contributed by atoms with Crippen molar-refractivity contribution in [2.75, 3.05) is 0 Å². The van der Waals surface area contributed by atoms with Gasteiger partial charge in [0.25, 0.3) is 0 Å². The molecule has 1 aromatic rings. The van der Waals surface area contributed by atoms with Crippen LogP contribution in [0.2, 0.25) is 0 Å². The summed E-state index contributed by atoms with van der Waals surface area (Å²) >= 11 is 0. The Hall–Kier alpha value is -1.18. The number of hydrogen-bond donors (Lipinski definition) is 0. The van der Waals surface area contributed by atoms with E-state index in [0.717, 1.165) is 0 Å². The van der Waals surface area contributed by atoms with E-state index in [1.807, 2.05) is 0 Å². The minimum Gasteiger partial charge on any atom is -0.294 e. The third-order valence-corrected chi connectivity index (χ3v) is 4.41. The number of rotatable bonds is 2. The predicted octanol–water partition coefficient (Wildman–Crippen LogP) is 3.69. The maximum atomic E-state index is 12.8. The Kier molecular flexibility index (Phi) is 2.23. The lowest BCUT2D eigenvalue weighted by molar-refractivity contribution is 0.0945. The summed E-state index contributed by atoms with van der Waals surface area (Å²) < 4.78 is 12.8. The van der Waals surface area contributed by atoms with Crippen LogP contribution >= 0.6 is 0 Å². The van der Waals surface area contributed by atoms with Crippen molar-refractivity contribution in [1.82, 2.24) is 0 Å². The molecule has 1 nitrogen and oxygen atoms in total. The van der Waals surface area contributed by atoms with Crippen LogP contribution in [0.15, 0.2) is 24.3 Å². The number of Topliss-reactive ketones (excluding diaryl/α,β-unsaturated/α-hetero) is 1. The summed E-state index contributed by atoms with van der Waals surface area (Å²) in [4.78, 5) is 12.2. The number of hydrogen-bond acceptors (Lipinski definition) is 1. The molecule has 0 unspecified atom stereocenters. The van der Waals surface area contributed by atoms with Gasteiger partial charge in [-0.3, -0.25) is 4.79 Å². The Labute approximate surface area is 95.7 Å². The average Bonchev–Trinajstić information content (AvgIpc) is 2.57. The molecule has 1 aromatic carbocycles. The Morgan fingerprint density at radius 1 is 1.06 bits per heavy atom. The van der Waals surface area contributed by atoms with Gasteiger partial charge >= 0.3 is 0 Å². The van der Waals surface area contributed by atoms with Crippen molar-refractivity contribution in [3.05, 3.63) is 35.6 Å².